The van der Waals surface area contributed by atoms with Gasteiger partial charge in [-0.1, -0.05) is 22.0 Å². The third-order valence-corrected chi connectivity index (χ3v) is 3.18. The molecule has 2 N–H and O–H groups in total. The van der Waals surface area contributed by atoms with Crippen molar-refractivity contribution >= 4 is 15.9 Å². The van der Waals surface area contributed by atoms with Gasteiger partial charge in [-0.05, 0) is 30.5 Å². The van der Waals surface area contributed by atoms with Gasteiger partial charge < -0.3 is 10.5 Å². The molecule has 82 valence electrons. The Bertz CT molecular complexity index is 364. The molecule has 0 spiro atoms. The second-order valence-electron chi connectivity index (χ2n) is 4.08. The summed E-state index contributed by atoms with van der Waals surface area (Å²) >= 11 is 3.23. The van der Waals surface area contributed by atoms with Gasteiger partial charge in [-0.25, -0.2) is 4.39 Å². The highest BCUT2D eigenvalue weighted by Gasteiger charge is 2.31. The lowest BCUT2D eigenvalue weighted by Crippen LogP contribution is -2.42. The Morgan fingerprint density at radius 3 is 2.93 bits per heavy atom. The minimum Gasteiger partial charge on any atom is -0.379 e. The Morgan fingerprint density at radius 2 is 2.33 bits per heavy atom. The van der Waals surface area contributed by atoms with Crippen molar-refractivity contribution in [2.45, 2.75) is 18.4 Å². The molecule has 0 amide bonds. The number of benzene rings is 1. The third kappa shape index (κ3) is 2.56. The van der Waals surface area contributed by atoms with Gasteiger partial charge in [-0.3, -0.25) is 0 Å². The predicted octanol–water partition coefficient (Wildman–Crippen LogP) is 2.25. The van der Waals surface area contributed by atoms with Crippen LogP contribution >= 0.6 is 15.9 Å². The SMILES string of the molecule is NC1(Cc2ccc(Br)cc2F)CCOC1. The lowest BCUT2D eigenvalue weighted by atomic mass is 9.91. The first-order valence-electron chi connectivity index (χ1n) is 4.90. The van der Waals surface area contributed by atoms with Crippen molar-refractivity contribution in [1.29, 1.82) is 0 Å². The second kappa shape index (κ2) is 4.20. The molecule has 1 aliphatic rings. The van der Waals surface area contributed by atoms with E-state index in [2.05, 4.69) is 15.9 Å². The van der Waals surface area contributed by atoms with E-state index in [1.165, 1.54) is 6.07 Å². The van der Waals surface area contributed by atoms with E-state index in [4.69, 9.17) is 10.5 Å². The smallest absolute Gasteiger partial charge is 0.127 e. The Kier molecular flexibility index (Phi) is 3.09. The van der Waals surface area contributed by atoms with E-state index in [9.17, 15) is 4.39 Å². The van der Waals surface area contributed by atoms with Crippen LogP contribution in [0.25, 0.3) is 0 Å². The van der Waals surface area contributed by atoms with Gasteiger partial charge in [0.1, 0.15) is 5.82 Å². The molecule has 0 saturated carbocycles. The van der Waals surface area contributed by atoms with Crippen LogP contribution in [-0.2, 0) is 11.2 Å². The predicted molar refractivity (Wildman–Crippen MR) is 60.2 cm³/mol. The number of rotatable bonds is 2. The van der Waals surface area contributed by atoms with E-state index < -0.39 is 5.54 Å². The van der Waals surface area contributed by atoms with Gasteiger partial charge in [0, 0.05) is 16.6 Å². The van der Waals surface area contributed by atoms with Crippen molar-refractivity contribution in [2.24, 2.45) is 5.73 Å². The summed E-state index contributed by atoms with van der Waals surface area (Å²) in [6.45, 7) is 1.19. The van der Waals surface area contributed by atoms with Gasteiger partial charge in [-0.2, -0.15) is 0 Å². The standard InChI is InChI=1S/C11H13BrFNO/c12-9-2-1-8(10(13)5-9)6-11(14)3-4-15-7-11/h1-2,5H,3-4,6-7,14H2. The van der Waals surface area contributed by atoms with Crippen molar-refractivity contribution < 1.29 is 9.13 Å². The summed E-state index contributed by atoms with van der Waals surface area (Å²) in [5, 5.41) is 0. The Morgan fingerprint density at radius 1 is 1.53 bits per heavy atom. The zero-order chi connectivity index (χ0) is 10.9. The number of ether oxygens (including phenoxy) is 1. The maximum atomic E-state index is 13.5. The normalized spacial score (nSPS) is 25.8. The Balaban J connectivity index is 2.16. The topological polar surface area (TPSA) is 35.2 Å². The molecule has 15 heavy (non-hydrogen) atoms. The first kappa shape index (κ1) is 11.0. The van der Waals surface area contributed by atoms with Gasteiger partial charge in [0.2, 0.25) is 0 Å². The van der Waals surface area contributed by atoms with E-state index in [1.54, 1.807) is 6.07 Å². The molecule has 1 saturated heterocycles. The van der Waals surface area contributed by atoms with Gasteiger partial charge in [0.15, 0.2) is 0 Å². The van der Waals surface area contributed by atoms with Crippen molar-refractivity contribution in [2.75, 3.05) is 13.2 Å². The van der Waals surface area contributed by atoms with Gasteiger partial charge >= 0.3 is 0 Å². The van der Waals surface area contributed by atoms with Crippen molar-refractivity contribution in [3.05, 3.63) is 34.1 Å². The maximum Gasteiger partial charge on any atom is 0.127 e. The van der Waals surface area contributed by atoms with Crippen LogP contribution in [0.4, 0.5) is 4.39 Å². The monoisotopic (exact) mass is 273 g/mol. The highest BCUT2D eigenvalue weighted by Crippen LogP contribution is 2.24. The van der Waals surface area contributed by atoms with E-state index in [-0.39, 0.29) is 5.82 Å². The highest BCUT2D eigenvalue weighted by molar-refractivity contribution is 9.10. The molecule has 4 heteroatoms. The fourth-order valence-electron chi connectivity index (χ4n) is 1.81. The fourth-order valence-corrected chi connectivity index (χ4v) is 2.14. The number of hydrogen-bond acceptors (Lipinski definition) is 2. The Labute approximate surface area is 96.7 Å². The van der Waals surface area contributed by atoms with Crippen LogP contribution in [0.15, 0.2) is 22.7 Å². The van der Waals surface area contributed by atoms with E-state index >= 15 is 0 Å². The molecular formula is C11H13BrFNO. The van der Waals surface area contributed by atoms with Crippen molar-refractivity contribution in [3.8, 4) is 0 Å². The molecule has 1 heterocycles. The number of hydrogen-bond donors (Lipinski definition) is 1. The summed E-state index contributed by atoms with van der Waals surface area (Å²) in [5.41, 5.74) is 6.36. The summed E-state index contributed by atoms with van der Waals surface area (Å²) in [7, 11) is 0. The number of halogens is 2. The highest BCUT2D eigenvalue weighted by atomic mass is 79.9. The summed E-state index contributed by atoms with van der Waals surface area (Å²) in [6.07, 6.45) is 1.33. The Hall–Kier alpha value is -0.450. The molecule has 2 rings (SSSR count). The molecule has 1 aromatic carbocycles. The fraction of sp³-hybridized carbons (Fsp3) is 0.455. The molecule has 1 aliphatic heterocycles. The lowest BCUT2D eigenvalue weighted by Gasteiger charge is -2.21. The number of nitrogens with two attached hydrogens (primary N) is 1. The zero-order valence-electron chi connectivity index (χ0n) is 8.30. The molecule has 1 unspecified atom stereocenters. The van der Waals surface area contributed by atoms with Crippen molar-refractivity contribution in [1.82, 2.24) is 0 Å². The maximum absolute atomic E-state index is 13.5. The van der Waals surface area contributed by atoms with Gasteiger partial charge in [0.05, 0.1) is 6.61 Å². The molecule has 0 bridgehead atoms. The van der Waals surface area contributed by atoms with Crippen LogP contribution in [0.2, 0.25) is 0 Å². The van der Waals surface area contributed by atoms with Crippen LogP contribution in [0.5, 0.6) is 0 Å². The van der Waals surface area contributed by atoms with Gasteiger partial charge in [0.25, 0.3) is 0 Å². The van der Waals surface area contributed by atoms with Gasteiger partial charge in [-0.15, -0.1) is 0 Å². The molecule has 1 aromatic rings. The van der Waals surface area contributed by atoms with Crippen LogP contribution < -0.4 is 5.73 Å². The van der Waals surface area contributed by atoms with Crippen LogP contribution in [0.3, 0.4) is 0 Å². The summed E-state index contributed by atoms with van der Waals surface area (Å²) in [4.78, 5) is 0. The second-order valence-corrected chi connectivity index (χ2v) is 4.99. The van der Waals surface area contributed by atoms with Crippen LogP contribution in [0.1, 0.15) is 12.0 Å². The van der Waals surface area contributed by atoms with Crippen molar-refractivity contribution in [3.63, 3.8) is 0 Å². The molecular weight excluding hydrogens is 261 g/mol. The minimum absolute atomic E-state index is 0.207. The summed E-state index contributed by atoms with van der Waals surface area (Å²) < 4.78 is 19.5. The lowest BCUT2D eigenvalue weighted by molar-refractivity contribution is 0.178. The van der Waals surface area contributed by atoms with E-state index in [0.29, 0.717) is 25.2 Å². The van der Waals surface area contributed by atoms with Crippen LogP contribution in [0, 0.1) is 5.82 Å². The molecule has 1 atom stereocenters. The molecule has 0 aromatic heterocycles. The molecule has 0 aliphatic carbocycles. The van der Waals surface area contributed by atoms with E-state index in [1.807, 2.05) is 6.07 Å². The first-order valence-corrected chi connectivity index (χ1v) is 5.69. The summed E-state index contributed by atoms with van der Waals surface area (Å²) in [6, 6.07) is 5.07. The average molecular weight is 274 g/mol. The molecule has 2 nitrogen and oxygen atoms in total. The molecule has 0 radical (unpaired) electrons. The average Bonchev–Trinajstić information content (AvgIpc) is 2.58. The largest absolute Gasteiger partial charge is 0.379 e. The minimum atomic E-state index is -0.394. The molecule has 1 fully saturated rings. The quantitative estimate of drug-likeness (QED) is 0.897. The first-order chi connectivity index (χ1) is 7.09. The zero-order valence-corrected chi connectivity index (χ0v) is 9.89. The third-order valence-electron chi connectivity index (χ3n) is 2.69. The van der Waals surface area contributed by atoms with Crippen LogP contribution in [-0.4, -0.2) is 18.8 Å². The van der Waals surface area contributed by atoms with E-state index in [0.717, 1.165) is 10.9 Å². The summed E-state index contributed by atoms with van der Waals surface area (Å²) in [5.74, 6) is -0.207.